The van der Waals surface area contributed by atoms with Crippen LogP contribution in [0.2, 0.25) is 0 Å². The number of allylic oxidation sites excluding steroid dienone is 5. The highest BCUT2D eigenvalue weighted by Crippen LogP contribution is 2.59. The first kappa shape index (κ1) is 45.1. The molecule has 0 aliphatic heterocycles. The van der Waals surface area contributed by atoms with Crippen molar-refractivity contribution in [2.24, 2.45) is 0 Å². The van der Waals surface area contributed by atoms with Gasteiger partial charge in [0.15, 0.2) is 17.5 Å². The number of hydrogen-bond acceptors (Lipinski definition) is 4. The molecule has 1 heterocycles. The standard InChI is InChI=1S/C71H50N4/c1-49-21-6-2-9-24-54-25-14-18-34-64(54)71(49)65-35-19-17-32-63(65)67-61(33-20-36-66(67)71)53-41-47-59(48-42-53)75(57-43-37-51(38-44-57)50-22-7-3-8-23-50)58-45-39-52(40-46-58)60-30-15-16-31-62(60)70-73-68(55-26-10-4-11-27-55)72-69(74-70)56-28-12-5-13-29-56/h2-23,25-48H,1,24H2/b9-2-,21-6-. The zero-order valence-corrected chi connectivity index (χ0v) is 41.3. The summed E-state index contributed by atoms with van der Waals surface area (Å²) >= 11 is 0. The van der Waals surface area contributed by atoms with Gasteiger partial charge < -0.3 is 4.90 Å². The van der Waals surface area contributed by atoms with Crippen molar-refractivity contribution in [3.05, 3.63) is 313 Å². The van der Waals surface area contributed by atoms with Crippen molar-refractivity contribution in [2.45, 2.75) is 11.8 Å². The molecule has 0 amide bonds. The van der Waals surface area contributed by atoms with Gasteiger partial charge in [-0.1, -0.05) is 249 Å². The Morgan fingerprint density at radius 3 is 1.39 bits per heavy atom. The SMILES string of the molecule is C=C1/C=C\C=C/Cc2ccccc2C12c1ccccc1-c1c(-c3ccc(N(c4ccc(-c5ccccc5)cc4)c4ccc(-c5ccccc5-c5nc(-c6ccccc6)nc(-c6ccccc6)n5)cc4)cc3)cccc12. The summed E-state index contributed by atoms with van der Waals surface area (Å²) in [5, 5.41) is 0. The Bertz CT molecular complexity index is 3900. The fraction of sp³-hybridized carbons (Fsp3) is 0.0282. The number of hydrogen-bond donors (Lipinski definition) is 0. The Morgan fingerprint density at radius 1 is 0.333 bits per heavy atom. The third-order valence-corrected chi connectivity index (χ3v) is 14.8. The van der Waals surface area contributed by atoms with Crippen LogP contribution in [0.25, 0.3) is 78.7 Å². The molecule has 2 aliphatic rings. The number of nitrogens with zero attached hydrogens (tertiary/aromatic N) is 4. The van der Waals surface area contributed by atoms with Crippen LogP contribution in [0.5, 0.6) is 0 Å². The highest BCUT2D eigenvalue weighted by atomic mass is 15.1. The number of aromatic nitrogens is 3. The topological polar surface area (TPSA) is 41.9 Å². The molecule has 1 spiro atoms. The fourth-order valence-corrected chi connectivity index (χ4v) is 11.3. The van der Waals surface area contributed by atoms with Gasteiger partial charge in [0.2, 0.25) is 0 Å². The van der Waals surface area contributed by atoms with Crippen molar-refractivity contribution in [1.29, 1.82) is 0 Å². The van der Waals surface area contributed by atoms with Crippen molar-refractivity contribution in [3.63, 3.8) is 0 Å². The summed E-state index contributed by atoms with van der Waals surface area (Å²) in [5.41, 5.74) is 20.9. The molecule has 4 nitrogen and oxygen atoms in total. The lowest BCUT2D eigenvalue weighted by atomic mass is 9.66. The van der Waals surface area contributed by atoms with Crippen molar-refractivity contribution in [2.75, 3.05) is 4.90 Å². The fourth-order valence-electron chi connectivity index (χ4n) is 11.3. The van der Waals surface area contributed by atoms with Gasteiger partial charge in [-0.15, -0.1) is 0 Å². The van der Waals surface area contributed by atoms with Gasteiger partial charge in [0.25, 0.3) is 0 Å². The van der Waals surface area contributed by atoms with E-state index in [1.807, 2.05) is 60.7 Å². The molecule has 1 unspecified atom stereocenters. The van der Waals surface area contributed by atoms with Crippen molar-refractivity contribution < 1.29 is 0 Å². The zero-order valence-electron chi connectivity index (χ0n) is 41.3. The first-order valence-corrected chi connectivity index (χ1v) is 25.6. The predicted molar refractivity (Wildman–Crippen MR) is 310 cm³/mol. The average molecular weight is 959 g/mol. The normalized spacial score (nSPS) is 15.2. The molecule has 10 aromatic carbocycles. The quantitative estimate of drug-likeness (QED) is 0.145. The maximum atomic E-state index is 5.10. The molecule has 0 saturated carbocycles. The Labute approximate surface area is 438 Å². The summed E-state index contributed by atoms with van der Waals surface area (Å²) in [6, 6.07) is 90.7. The summed E-state index contributed by atoms with van der Waals surface area (Å²) in [4.78, 5) is 17.5. The largest absolute Gasteiger partial charge is 0.311 e. The van der Waals surface area contributed by atoms with E-state index in [1.165, 1.54) is 50.1 Å². The third kappa shape index (κ3) is 8.10. The van der Waals surface area contributed by atoms with E-state index in [1.54, 1.807) is 0 Å². The molecule has 1 aromatic heterocycles. The van der Waals surface area contributed by atoms with Gasteiger partial charge in [0.05, 0.1) is 5.41 Å². The molecule has 75 heavy (non-hydrogen) atoms. The molecule has 1 atom stereocenters. The van der Waals surface area contributed by atoms with Crippen LogP contribution in [0.4, 0.5) is 17.1 Å². The molecule has 11 aromatic rings. The minimum Gasteiger partial charge on any atom is -0.311 e. The van der Waals surface area contributed by atoms with E-state index in [0.717, 1.165) is 62.4 Å². The first-order chi connectivity index (χ1) is 37.1. The zero-order chi connectivity index (χ0) is 50.1. The van der Waals surface area contributed by atoms with E-state index in [0.29, 0.717) is 17.5 Å². The van der Waals surface area contributed by atoms with Gasteiger partial charge in [-0.3, -0.25) is 0 Å². The maximum Gasteiger partial charge on any atom is 0.164 e. The number of fused-ring (bicyclic) bond motifs is 7. The monoisotopic (exact) mass is 958 g/mol. The van der Waals surface area contributed by atoms with Crippen molar-refractivity contribution in [3.8, 4) is 78.7 Å². The Kier molecular flexibility index (Phi) is 11.6. The van der Waals surface area contributed by atoms with E-state index in [4.69, 9.17) is 21.5 Å². The second kappa shape index (κ2) is 19.3. The second-order valence-electron chi connectivity index (χ2n) is 19.1. The van der Waals surface area contributed by atoms with Crippen LogP contribution in [-0.2, 0) is 11.8 Å². The Hall–Kier alpha value is -9.77. The van der Waals surface area contributed by atoms with Gasteiger partial charge in [0.1, 0.15) is 0 Å². The van der Waals surface area contributed by atoms with E-state index in [9.17, 15) is 0 Å². The minimum absolute atomic E-state index is 0.544. The third-order valence-electron chi connectivity index (χ3n) is 14.8. The van der Waals surface area contributed by atoms with Gasteiger partial charge in [-0.05, 0) is 115 Å². The van der Waals surface area contributed by atoms with Crippen LogP contribution in [-0.4, -0.2) is 15.0 Å². The maximum absolute atomic E-state index is 5.10. The number of rotatable bonds is 9. The van der Waals surface area contributed by atoms with Crippen LogP contribution in [0.1, 0.15) is 22.3 Å². The van der Waals surface area contributed by atoms with Crippen LogP contribution in [0.3, 0.4) is 0 Å². The summed E-state index contributed by atoms with van der Waals surface area (Å²) < 4.78 is 0. The molecule has 0 fully saturated rings. The highest BCUT2D eigenvalue weighted by molar-refractivity contribution is 5.96. The lowest BCUT2D eigenvalue weighted by molar-refractivity contribution is 0.760. The summed E-state index contributed by atoms with van der Waals surface area (Å²) in [6.07, 6.45) is 9.60. The molecular formula is C71H50N4. The van der Waals surface area contributed by atoms with Gasteiger partial charge in [-0.25, -0.2) is 15.0 Å². The molecular weight excluding hydrogens is 909 g/mol. The minimum atomic E-state index is -0.544. The molecule has 13 rings (SSSR count). The first-order valence-electron chi connectivity index (χ1n) is 25.6. The second-order valence-corrected chi connectivity index (χ2v) is 19.1. The molecule has 0 radical (unpaired) electrons. The van der Waals surface area contributed by atoms with Gasteiger partial charge in [-0.2, -0.15) is 0 Å². The predicted octanol–water partition coefficient (Wildman–Crippen LogP) is 17.9. The van der Waals surface area contributed by atoms with E-state index in [2.05, 4.69) is 223 Å². The lowest BCUT2D eigenvalue weighted by Gasteiger charge is -2.35. The molecule has 0 bridgehead atoms. The summed E-state index contributed by atoms with van der Waals surface area (Å²) in [6.45, 7) is 4.84. The molecule has 4 heteroatoms. The van der Waals surface area contributed by atoms with Crippen LogP contribution in [0.15, 0.2) is 291 Å². The van der Waals surface area contributed by atoms with Crippen LogP contribution < -0.4 is 4.90 Å². The Balaban J connectivity index is 0.903. The van der Waals surface area contributed by atoms with E-state index in [-0.39, 0.29) is 0 Å². The molecule has 0 N–H and O–H groups in total. The van der Waals surface area contributed by atoms with E-state index < -0.39 is 5.41 Å². The molecule has 354 valence electrons. The molecule has 0 saturated heterocycles. The number of anilines is 3. The van der Waals surface area contributed by atoms with Crippen LogP contribution in [0, 0.1) is 0 Å². The Morgan fingerprint density at radius 2 is 0.773 bits per heavy atom. The highest BCUT2D eigenvalue weighted by Gasteiger charge is 2.47. The average Bonchev–Trinajstić information content (AvgIpc) is 3.82. The summed E-state index contributed by atoms with van der Waals surface area (Å²) in [5.74, 6) is 1.88. The smallest absolute Gasteiger partial charge is 0.164 e. The summed E-state index contributed by atoms with van der Waals surface area (Å²) in [7, 11) is 0. The number of benzene rings is 10. The van der Waals surface area contributed by atoms with Crippen molar-refractivity contribution >= 4 is 17.1 Å². The molecule has 2 aliphatic carbocycles. The van der Waals surface area contributed by atoms with Gasteiger partial charge >= 0.3 is 0 Å². The van der Waals surface area contributed by atoms with Crippen LogP contribution >= 0.6 is 0 Å². The van der Waals surface area contributed by atoms with E-state index >= 15 is 0 Å². The lowest BCUT2D eigenvalue weighted by Crippen LogP contribution is -2.29. The van der Waals surface area contributed by atoms with Gasteiger partial charge in [0, 0.05) is 33.8 Å². The van der Waals surface area contributed by atoms with Crippen molar-refractivity contribution in [1.82, 2.24) is 15.0 Å².